The van der Waals surface area contributed by atoms with Gasteiger partial charge in [-0.1, -0.05) is 119 Å². The molecule has 0 bridgehead atoms. The van der Waals surface area contributed by atoms with E-state index in [0.717, 1.165) is 54.6 Å². The van der Waals surface area contributed by atoms with Crippen molar-refractivity contribution < 1.29 is 9.47 Å². The maximum atomic E-state index is 5.95. The fourth-order valence-electron chi connectivity index (χ4n) is 5.56. The maximum absolute atomic E-state index is 5.95. The molecule has 0 spiro atoms. The minimum atomic E-state index is 0.783. The fraction of sp³-hybridized carbons (Fsp3) is 0.286. The van der Waals surface area contributed by atoms with Crippen LogP contribution in [-0.2, 0) is 0 Å². The van der Waals surface area contributed by atoms with Crippen LogP contribution in [0.5, 0.6) is 11.5 Å². The molecule has 0 aliphatic carbocycles. The number of unbranched alkanes of at least 4 members (excludes halogenated alkanes) is 6. The Morgan fingerprint density at radius 1 is 0.378 bits per heavy atom. The van der Waals surface area contributed by atoms with Crippen LogP contribution in [0.15, 0.2) is 127 Å². The van der Waals surface area contributed by atoms with Crippen LogP contribution in [0, 0.1) is 0 Å². The van der Waals surface area contributed by atoms with Gasteiger partial charge in [0.05, 0.1) is 13.2 Å². The van der Waals surface area contributed by atoms with Crippen molar-refractivity contribution in [3.63, 3.8) is 0 Å². The molecule has 5 aromatic rings. The molecule has 0 saturated heterocycles. The number of para-hydroxylation sites is 1. The Labute approximate surface area is 270 Å². The molecule has 0 radical (unpaired) electrons. The zero-order chi connectivity index (χ0) is 31.1. The molecule has 0 aromatic heterocycles. The van der Waals surface area contributed by atoms with E-state index < -0.39 is 0 Å². The van der Waals surface area contributed by atoms with Crippen molar-refractivity contribution in [1.82, 2.24) is 0 Å². The van der Waals surface area contributed by atoms with Gasteiger partial charge < -0.3 is 14.4 Å². The maximum Gasteiger partial charge on any atom is 0.119 e. The quantitative estimate of drug-likeness (QED) is 0.0995. The highest BCUT2D eigenvalue weighted by Gasteiger charge is 2.13. The Morgan fingerprint density at radius 2 is 0.733 bits per heavy atom. The molecule has 45 heavy (non-hydrogen) atoms. The van der Waals surface area contributed by atoms with E-state index in [4.69, 9.17) is 9.47 Å². The number of rotatable bonds is 17. The molecule has 0 aliphatic heterocycles. The van der Waals surface area contributed by atoms with E-state index in [2.05, 4.69) is 146 Å². The molecule has 0 unspecified atom stereocenters. The first-order valence-electron chi connectivity index (χ1n) is 16.8. The minimum absolute atomic E-state index is 0.783. The zero-order valence-electron chi connectivity index (χ0n) is 27.0. The summed E-state index contributed by atoms with van der Waals surface area (Å²) < 4.78 is 11.9. The van der Waals surface area contributed by atoms with Crippen molar-refractivity contribution in [3.8, 4) is 33.8 Å². The van der Waals surface area contributed by atoms with Gasteiger partial charge in [0.15, 0.2) is 0 Å². The molecule has 3 heteroatoms. The predicted octanol–water partition coefficient (Wildman–Crippen LogP) is 12.4. The van der Waals surface area contributed by atoms with E-state index in [1.165, 1.54) is 60.8 Å². The zero-order valence-corrected chi connectivity index (χ0v) is 27.0. The van der Waals surface area contributed by atoms with Crippen LogP contribution < -0.4 is 14.4 Å². The molecule has 232 valence electrons. The number of nitrogens with zero attached hydrogens (tertiary/aromatic N) is 1. The largest absolute Gasteiger partial charge is 0.494 e. The van der Waals surface area contributed by atoms with Gasteiger partial charge in [-0.15, -0.1) is 0 Å². The van der Waals surface area contributed by atoms with Gasteiger partial charge in [-0.25, -0.2) is 0 Å². The standard InChI is InChI=1S/C42H47NO2/c1-3-5-7-12-32-44-41-28-20-36(21-29-41)34-16-24-39(25-17-34)43(38-14-10-9-11-15-38)40-26-18-35(19-27-40)37-22-30-42(31-23-37)45-33-13-8-6-4-2/h9-11,14-31H,3-8,12-13,32-33H2,1-2H3. The van der Waals surface area contributed by atoms with Crippen molar-refractivity contribution in [2.75, 3.05) is 18.1 Å². The Bertz CT molecular complexity index is 1430. The van der Waals surface area contributed by atoms with Crippen LogP contribution in [0.25, 0.3) is 22.3 Å². The van der Waals surface area contributed by atoms with Crippen LogP contribution >= 0.6 is 0 Å². The molecule has 0 atom stereocenters. The van der Waals surface area contributed by atoms with Crippen LogP contribution in [0.3, 0.4) is 0 Å². The molecule has 0 N–H and O–H groups in total. The van der Waals surface area contributed by atoms with Gasteiger partial charge in [0, 0.05) is 17.1 Å². The first-order valence-corrected chi connectivity index (χ1v) is 16.8. The van der Waals surface area contributed by atoms with E-state index in [-0.39, 0.29) is 0 Å². The summed E-state index contributed by atoms with van der Waals surface area (Å²) in [6.07, 6.45) is 9.72. The summed E-state index contributed by atoms with van der Waals surface area (Å²) in [5.74, 6) is 1.88. The summed E-state index contributed by atoms with van der Waals surface area (Å²) in [5.41, 5.74) is 8.09. The third kappa shape index (κ3) is 9.25. The molecule has 0 aliphatic rings. The van der Waals surface area contributed by atoms with Crippen LogP contribution in [0.2, 0.25) is 0 Å². The normalized spacial score (nSPS) is 10.9. The Hall–Kier alpha value is -4.50. The summed E-state index contributed by atoms with van der Waals surface area (Å²) in [5, 5.41) is 0. The van der Waals surface area contributed by atoms with E-state index in [1.54, 1.807) is 0 Å². The van der Waals surface area contributed by atoms with E-state index in [1.807, 2.05) is 0 Å². The number of anilines is 3. The predicted molar refractivity (Wildman–Crippen MR) is 191 cm³/mol. The summed E-state index contributed by atoms with van der Waals surface area (Å²) in [6, 6.07) is 45.1. The summed E-state index contributed by atoms with van der Waals surface area (Å²) >= 11 is 0. The molecule has 0 fully saturated rings. The topological polar surface area (TPSA) is 21.7 Å². The van der Waals surface area contributed by atoms with Gasteiger partial charge in [0.2, 0.25) is 0 Å². The van der Waals surface area contributed by atoms with Gasteiger partial charge in [0.1, 0.15) is 11.5 Å². The van der Waals surface area contributed by atoms with Crippen LogP contribution in [-0.4, -0.2) is 13.2 Å². The Morgan fingerprint density at radius 3 is 1.11 bits per heavy atom. The lowest BCUT2D eigenvalue weighted by Gasteiger charge is -2.26. The molecule has 5 aromatic carbocycles. The number of ether oxygens (including phenoxy) is 2. The number of hydrogen-bond donors (Lipinski definition) is 0. The molecule has 3 nitrogen and oxygen atoms in total. The molecular formula is C42H47NO2. The summed E-state index contributed by atoms with van der Waals surface area (Å²) in [6.45, 7) is 6.03. The highest BCUT2D eigenvalue weighted by molar-refractivity contribution is 5.79. The molecule has 0 heterocycles. The number of hydrogen-bond acceptors (Lipinski definition) is 3. The van der Waals surface area contributed by atoms with E-state index >= 15 is 0 Å². The van der Waals surface area contributed by atoms with Crippen LogP contribution in [0.4, 0.5) is 17.1 Å². The second-order valence-corrected chi connectivity index (χ2v) is 11.6. The third-order valence-corrected chi connectivity index (χ3v) is 8.17. The smallest absolute Gasteiger partial charge is 0.119 e. The minimum Gasteiger partial charge on any atom is -0.494 e. The lowest BCUT2D eigenvalue weighted by molar-refractivity contribution is 0.305. The van der Waals surface area contributed by atoms with Crippen molar-refractivity contribution in [1.29, 1.82) is 0 Å². The molecule has 0 amide bonds. The third-order valence-electron chi connectivity index (χ3n) is 8.17. The highest BCUT2D eigenvalue weighted by atomic mass is 16.5. The lowest BCUT2D eigenvalue weighted by atomic mass is 10.0. The average Bonchev–Trinajstić information content (AvgIpc) is 3.10. The first-order chi connectivity index (χ1) is 22.2. The van der Waals surface area contributed by atoms with E-state index in [9.17, 15) is 0 Å². The molecule has 5 rings (SSSR count). The summed E-state index contributed by atoms with van der Waals surface area (Å²) in [4.78, 5) is 2.30. The Balaban J connectivity index is 1.27. The van der Waals surface area contributed by atoms with Gasteiger partial charge in [-0.3, -0.25) is 0 Å². The van der Waals surface area contributed by atoms with E-state index in [0.29, 0.717) is 0 Å². The number of benzene rings is 5. The average molecular weight is 598 g/mol. The SMILES string of the molecule is CCCCCCOc1ccc(-c2ccc(N(c3ccccc3)c3ccc(-c4ccc(OCCCCCC)cc4)cc3)cc2)cc1. The molecular weight excluding hydrogens is 550 g/mol. The van der Waals surface area contributed by atoms with Crippen molar-refractivity contribution in [2.45, 2.75) is 65.2 Å². The molecule has 0 saturated carbocycles. The van der Waals surface area contributed by atoms with Gasteiger partial charge in [-0.2, -0.15) is 0 Å². The van der Waals surface area contributed by atoms with Gasteiger partial charge >= 0.3 is 0 Å². The highest BCUT2D eigenvalue weighted by Crippen LogP contribution is 2.37. The van der Waals surface area contributed by atoms with Gasteiger partial charge in [-0.05, 0) is 95.8 Å². The Kier molecular flexibility index (Phi) is 12.1. The fourth-order valence-corrected chi connectivity index (χ4v) is 5.56. The van der Waals surface area contributed by atoms with Gasteiger partial charge in [0.25, 0.3) is 0 Å². The first kappa shape index (κ1) is 31.9. The monoisotopic (exact) mass is 597 g/mol. The lowest BCUT2D eigenvalue weighted by Crippen LogP contribution is -2.09. The second kappa shape index (κ2) is 17.1. The summed E-state index contributed by atoms with van der Waals surface area (Å²) in [7, 11) is 0. The van der Waals surface area contributed by atoms with Crippen molar-refractivity contribution in [3.05, 3.63) is 127 Å². The second-order valence-electron chi connectivity index (χ2n) is 11.6. The van der Waals surface area contributed by atoms with Crippen molar-refractivity contribution in [2.24, 2.45) is 0 Å². The van der Waals surface area contributed by atoms with Crippen LogP contribution in [0.1, 0.15) is 65.2 Å². The van der Waals surface area contributed by atoms with Crippen molar-refractivity contribution >= 4 is 17.1 Å².